The summed E-state index contributed by atoms with van der Waals surface area (Å²) >= 11 is 0. The van der Waals surface area contributed by atoms with Crippen LogP contribution in [0, 0.1) is 0 Å². The Hall–Kier alpha value is -1.90. The normalized spacial score (nSPS) is 12.2. The molecule has 138 valence electrons. The fraction of sp³-hybridized carbons (Fsp3) is 0.294. The van der Waals surface area contributed by atoms with E-state index < -0.39 is 15.6 Å². The highest BCUT2D eigenvalue weighted by Crippen LogP contribution is 2.20. The van der Waals surface area contributed by atoms with E-state index in [0.29, 0.717) is 0 Å². The standard InChI is InChI=1S/C16H20N.CHF3O3S/c1-17(2,13-15-9-5-3-6-10-15)14-16-11-7-4-8-12-16;2-1(3,4)8(5,6)7/h3-12H,13-14H2,1-2H3;(H,5,6,7)/q+1;/p-1. The van der Waals surface area contributed by atoms with E-state index in [9.17, 15) is 13.2 Å². The molecule has 0 fully saturated rings. The van der Waals surface area contributed by atoms with Gasteiger partial charge in [-0.2, -0.15) is 13.2 Å². The number of rotatable bonds is 4. The number of alkyl halides is 3. The van der Waals surface area contributed by atoms with Crippen molar-refractivity contribution >= 4 is 10.1 Å². The van der Waals surface area contributed by atoms with Crippen molar-refractivity contribution < 1.29 is 30.6 Å². The van der Waals surface area contributed by atoms with Crippen LogP contribution in [0.2, 0.25) is 0 Å². The minimum atomic E-state index is -6.09. The van der Waals surface area contributed by atoms with Crippen LogP contribution in [0.1, 0.15) is 11.1 Å². The highest BCUT2D eigenvalue weighted by Gasteiger charge is 2.36. The first kappa shape index (κ1) is 21.1. The second-order valence-corrected chi connectivity index (χ2v) is 7.49. The average Bonchev–Trinajstić information content (AvgIpc) is 2.46. The highest BCUT2D eigenvalue weighted by atomic mass is 32.2. The average molecular weight is 375 g/mol. The van der Waals surface area contributed by atoms with Crippen molar-refractivity contribution in [3.8, 4) is 0 Å². The molecule has 0 aliphatic heterocycles. The molecule has 0 saturated heterocycles. The molecule has 2 aromatic carbocycles. The quantitative estimate of drug-likeness (QED) is 0.467. The molecule has 0 aliphatic carbocycles. The molecule has 0 spiro atoms. The summed E-state index contributed by atoms with van der Waals surface area (Å²) in [4.78, 5) is 0. The van der Waals surface area contributed by atoms with Gasteiger partial charge in [-0.3, -0.25) is 0 Å². The van der Waals surface area contributed by atoms with E-state index in [0.717, 1.165) is 17.6 Å². The van der Waals surface area contributed by atoms with Gasteiger partial charge in [-0.1, -0.05) is 60.7 Å². The molecular weight excluding hydrogens is 355 g/mol. The summed E-state index contributed by atoms with van der Waals surface area (Å²) in [6.45, 7) is 2.13. The first-order valence-corrected chi connectivity index (χ1v) is 8.73. The number of nitrogens with zero attached hydrogens (tertiary/aromatic N) is 1. The minimum absolute atomic E-state index is 0.980. The summed E-state index contributed by atoms with van der Waals surface area (Å²) in [7, 11) is -1.53. The lowest BCUT2D eigenvalue weighted by Gasteiger charge is -2.30. The predicted molar refractivity (Wildman–Crippen MR) is 88.2 cm³/mol. The van der Waals surface area contributed by atoms with Crippen LogP contribution < -0.4 is 0 Å². The lowest BCUT2D eigenvalue weighted by molar-refractivity contribution is -0.916. The number of quaternary nitrogens is 1. The summed E-state index contributed by atoms with van der Waals surface area (Å²) in [5.41, 5.74) is -2.85. The van der Waals surface area contributed by atoms with Crippen LogP contribution in [0.25, 0.3) is 0 Å². The molecule has 0 unspecified atom stereocenters. The zero-order valence-electron chi connectivity index (χ0n) is 13.9. The van der Waals surface area contributed by atoms with Crippen LogP contribution in [0.15, 0.2) is 60.7 Å². The molecule has 0 saturated carbocycles. The van der Waals surface area contributed by atoms with Crippen molar-refractivity contribution in [1.82, 2.24) is 0 Å². The summed E-state index contributed by atoms with van der Waals surface area (Å²) < 4.78 is 59.9. The van der Waals surface area contributed by atoms with Gasteiger partial charge in [-0.05, 0) is 0 Å². The Bertz CT molecular complexity index is 702. The van der Waals surface area contributed by atoms with Crippen LogP contribution in [0.4, 0.5) is 13.2 Å². The third-order valence-corrected chi connectivity index (χ3v) is 3.76. The molecule has 0 aliphatic rings. The lowest BCUT2D eigenvalue weighted by atomic mass is 10.1. The van der Waals surface area contributed by atoms with Crippen molar-refractivity contribution in [2.45, 2.75) is 18.6 Å². The van der Waals surface area contributed by atoms with E-state index in [1.54, 1.807) is 0 Å². The van der Waals surface area contributed by atoms with Crippen molar-refractivity contribution in [1.29, 1.82) is 0 Å². The Kier molecular flexibility index (Phi) is 7.16. The summed E-state index contributed by atoms with van der Waals surface area (Å²) in [6, 6.07) is 21.4. The molecule has 0 bridgehead atoms. The SMILES string of the molecule is C[N+](C)(Cc1ccccc1)Cc1ccccc1.O=S(=O)([O-])C(F)(F)F. The predicted octanol–water partition coefficient (Wildman–Crippen LogP) is 3.51. The second-order valence-electron chi connectivity index (χ2n) is 6.12. The van der Waals surface area contributed by atoms with Crippen LogP contribution in [-0.2, 0) is 23.2 Å². The van der Waals surface area contributed by atoms with Crippen molar-refractivity contribution in [2.24, 2.45) is 0 Å². The first-order chi connectivity index (χ1) is 11.4. The molecule has 2 rings (SSSR count). The van der Waals surface area contributed by atoms with Crippen molar-refractivity contribution in [2.75, 3.05) is 14.1 Å². The molecule has 4 nitrogen and oxygen atoms in total. The van der Waals surface area contributed by atoms with Gasteiger partial charge in [0.2, 0.25) is 0 Å². The fourth-order valence-electron chi connectivity index (χ4n) is 2.21. The molecule has 8 heteroatoms. The topological polar surface area (TPSA) is 57.2 Å². The molecule has 0 N–H and O–H groups in total. The first-order valence-electron chi connectivity index (χ1n) is 7.33. The summed E-state index contributed by atoms with van der Waals surface area (Å²) in [5, 5.41) is 0. The van der Waals surface area contributed by atoms with Gasteiger partial charge >= 0.3 is 5.51 Å². The largest absolute Gasteiger partial charge is 0.741 e. The lowest BCUT2D eigenvalue weighted by Crippen LogP contribution is -2.37. The van der Waals surface area contributed by atoms with Crippen LogP contribution in [0.3, 0.4) is 0 Å². The fourth-order valence-corrected chi connectivity index (χ4v) is 2.21. The van der Waals surface area contributed by atoms with Gasteiger partial charge in [-0.25, -0.2) is 8.42 Å². The van der Waals surface area contributed by atoms with E-state index >= 15 is 0 Å². The molecule has 25 heavy (non-hydrogen) atoms. The Morgan fingerprint density at radius 1 is 0.840 bits per heavy atom. The van der Waals surface area contributed by atoms with Gasteiger partial charge in [-0.15, -0.1) is 0 Å². The Balaban J connectivity index is 0.000000333. The summed E-state index contributed by atoms with van der Waals surface area (Å²) in [5.74, 6) is 0. The van der Waals surface area contributed by atoms with E-state index in [2.05, 4.69) is 74.8 Å². The second kappa shape index (κ2) is 8.46. The molecule has 0 amide bonds. The van der Waals surface area contributed by atoms with Gasteiger partial charge in [0.25, 0.3) is 0 Å². The van der Waals surface area contributed by atoms with Crippen LogP contribution >= 0.6 is 0 Å². The maximum Gasteiger partial charge on any atom is 0.485 e. The maximum absolute atomic E-state index is 10.7. The number of hydrogen-bond donors (Lipinski definition) is 0. The number of benzene rings is 2. The van der Waals surface area contributed by atoms with Crippen molar-refractivity contribution in [3.05, 3.63) is 71.8 Å². The molecule has 0 aromatic heterocycles. The number of halogens is 3. The molecule has 0 radical (unpaired) electrons. The summed E-state index contributed by atoms with van der Waals surface area (Å²) in [6.07, 6.45) is 0. The van der Waals surface area contributed by atoms with E-state index in [1.807, 2.05) is 0 Å². The van der Waals surface area contributed by atoms with E-state index in [4.69, 9.17) is 13.0 Å². The van der Waals surface area contributed by atoms with E-state index in [1.165, 1.54) is 11.1 Å². The third-order valence-electron chi connectivity index (χ3n) is 3.19. The monoisotopic (exact) mass is 375 g/mol. The minimum Gasteiger partial charge on any atom is -0.741 e. The van der Waals surface area contributed by atoms with E-state index in [-0.39, 0.29) is 0 Å². The van der Waals surface area contributed by atoms with Gasteiger partial charge in [0, 0.05) is 11.1 Å². The van der Waals surface area contributed by atoms with Crippen molar-refractivity contribution in [3.63, 3.8) is 0 Å². The zero-order chi connectivity index (χ0) is 19.1. The third kappa shape index (κ3) is 8.15. The molecular formula is C17H20F3NO3S. The smallest absolute Gasteiger partial charge is 0.485 e. The van der Waals surface area contributed by atoms with Crippen LogP contribution in [0.5, 0.6) is 0 Å². The molecule has 2 aromatic rings. The molecule has 0 atom stereocenters. The Morgan fingerprint density at radius 3 is 1.36 bits per heavy atom. The zero-order valence-corrected chi connectivity index (χ0v) is 14.7. The Labute approximate surface area is 145 Å². The Morgan fingerprint density at radius 2 is 1.12 bits per heavy atom. The van der Waals surface area contributed by atoms with Gasteiger partial charge < -0.3 is 9.04 Å². The van der Waals surface area contributed by atoms with Gasteiger partial charge in [0.15, 0.2) is 10.1 Å². The maximum atomic E-state index is 10.7. The van der Waals surface area contributed by atoms with Crippen LogP contribution in [-0.4, -0.2) is 37.1 Å². The highest BCUT2D eigenvalue weighted by molar-refractivity contribution is 7.86. The molecule has 0 heterocycles. The number of hydrogen-bond acceptors (Lipinski definition) is 3. The van der Waals surface area contributed by atoms with Gasteiger partial charge in [0.1, 0.15) is 13.1 Å². The van der Waals surface area contributed by atoms with Gasteiger partial charge in [0.05, 0.1) is 14.1 Å².